The Labute approximate surface area is 174 Å². The molecular weight excluding hydrogens is 423 g/mol. The normalized spacial score (nSPS) is 19.8. The molecule has 1 saturated heterocycles. The Kier molecular flexibility index (Phi) is 5.44. The van der Waals surface area contributed by atoms with Crippen LogP contribution in [0.15, 0.2) is 29.3 Å². The number of sulfone groups is 1. The molecule has 28 heavy (non-hydrogen) atoms. The third-order valence-corrected chi connectivity index (χ3v) is 6.65. The van der Waals surface area contributed by atoms with Crippen LogP contribution in [0.3, 0.4) is 0 Å². The summed E-state index contributed by atoms with van der Waals surface area (Å²) in [6, 6.07) is 5.33. The lowest BCUT2D eigenvalue weighted by Crippen LogP contribution is -2.34. The van der Waals surface area contributed by atoms with Crippen molar-refractivity contribution < 1.29 is 17.9 Å². The summed E-state index contributed by atoms with van der Waals surface area (Å²) in [6.07, 6.45) is 4.55. The molecule has 150 valence electrons. The predicted octanol–water partition coefficient (Wildman–Crippen LogP) is 3.90. The molecule has 4 rings (SSSR count). The largest absolute Gasteiger partial charge is 0.454 e. The van der Waals surface area contributed by atoms with E-state index >= 15 is 0 Å². The van der Waals surface area contributed by atoms with Gasteiger partial charge in [0.15, 0.2) is 21.3 Å². The van der Waals surface area contributed by atoms with E-state index in [1.54, 1.807) is 0 Å². The van der Waals surface area contributed by atoms with Crippen molar-refractivity contribution in [2.24, 2.45) is 0 Å². The molecule has 2 aromatic rings. The van der Waals surface area contributed by atoms with E-state index in [-0.39, 0.29) is 17.6 Å². The summed E-state index contributed by atoms with van der Waals surface area (Å²) in [5, 5.41) is 0.865. The molecule has 2 aliphatic rings. The van der Waals surface area contributed by atoms with Crippen molar-refractivity contribution in [3.63, 3.8) is 0 Å². The molecule has 0 spiro atoms. The molecule has 9 heteroatoms. The average molecular weight is 443 g/mol. The molecule has 1 fully saturated rings. The standard InChI is InChI=1S/C19H20Cl2N2O4S/c1-28(24,25)17-7-14(20)8-22-18(17)13-3-2-4-23(10-13)9-12-5-15(21)19-16(6-12)26-11-27-19/h5-8,13H,2-4,9-11H2,1H3. The zero-order valence-corrected chi connectivity index (χ0v) is 17.6. The van der Waals surface area contributed by atoms with Gasteiger partial charge in [-0.3, -0.25) is 9.88 Å². The molecule has 0 saturated carbocycles. The second-order valence-electron chi connectivity index (χ2n) is 7.19. The van der Waals surface area contributed by atoms with E-state index in [9.17, 15) is 8.42 Å². The average Bonchev–Trinajstić information content (AvgIpc) is 3.10. The summed E-state index contributed by atoms with van der Waals surface area (Å²) in [7, 11) is -3.41. The van der Waals surface area contributed by atoms with Gasteiger partial charge in [0.25, 0.3) is 0 Å². The minimum absolute atomic E-state index is 0.0280. The van der Waals surface area contributed by atoms with Gasteiger partial charge in [-0.25, -0.2) is 8.42 Å². The summed E-state index contributed by atoms with van der Waals surface area (Å²) in [6.45, 7) is 2.50. The van der Waals surface area contributed by atoms with Crippen LogP contribution in [0.4, 0.5) is 0 Å². The number of piperidine rings is 1. The Hall–Kier alpha value is -1.54. The maximum Gasteiger partial charge on any atom is 0.231 e. The van der Waals surface area contributed by atoms with E-state index in [1.165, 1.54) is 18.5 Å². The molecule has 0 N–H and O–H groups in total. The van der Waals surface area contributed by atoms with Crippen molar-refractivity contribution in [1.29, 1.82) is 0 Å². The smallest absolute Gasteiger partial charge is 0.231 e. The Morgan fingerprint density at radius 2 is 2.07 bits per heavy atom. The van der Waals surface area contributed by atoms with Gasteiger partial charge in [0, 0.05) is 31.5 Å². The third-order valence-electron chi connectivity index (χ3n) is 5.03. The van der Waals surface area contributed by atoms with Crippen LogP contribution >= 0.6 is 23.2 Å². The lowest BCUT2D eigenvalue weighted by Gasteiger charge is -2.33. The first-order valence-electron chi connectivity index (χ1n) is 8.97. The van der Waals surface area contributed by atoms with Gasteiger partial charge >= 0.3 is 0 Å². The van der Waals surface area contributed by atoms with E-state index in [1.807, 2.05) is 12.1 Å². The number of pyridine rings is 1. The topological polar surface area (TPSA) is 68.7 Å². The molecule has 1 unspecified atom stereocenters. The fourth-order valence-electron chi connectivity index (χ4n) is 3.83. The van der Waals surface area contributed by atoms with Gasteiger partial charge in [0.2, 0.25) is 6.79 Å². The molecule has 0 radical (unpaired) electrons. The minimum atomic E-state index is -3.41. The van der Waals surface area contributed by atoms with Crippen LogP contribution < -0.4 is 9.47 Å². The predicted molar refractivity (Wildman–Crippen MR) is 107 cm³/mol. The first-order valence-corrected chi connectivity index (χ1v) is 11.6. The molecule has 2 aliphatic heterocycles. The highest BCUT2D eigenvalue weighted by atomic mass is 35.5. The molecule has 0 amide bonds. The molecule has 1 aromatic carbocycles. The van der Waals surface area contributed by atoms with Crippen LogP contribution in [0.2, 0.25) is 10.0 Å². The first-order chi connectivity index (χ1) is 13.3. The van der Waals surface area contributed by atoms with Gasteiger partial charge in [0.1, 0.15) is 0 Å². The Morgan fingerprint density at radius 3 is 2.86 bits per heavy atom. The zero-order valence-electron chi connectivity index (χ0n) is 15.3. The van der Waals surface area contributed by atoms with Gasteiger partial charge in [-0.2, -0.15) is 0 Å². The van der Waals surface area contributed by atoms with E-state index in [2.05, 4.69) is 9.88 Å². The highest BCUT2D eigenvalue weighted by Gasteiger charge is 2.28. The summed E-state index contributed by atoms with van der Waals surface area (Å²) >= 11 is 12.3. The maximum atomic E-state index is 12.2. The van der Waals surface area contributed by atoms with Crippen LogP contribution in [0.25, 0.3) is 0 Å². The summed E-state index contributed by atoms with van der Waals surface area (Å²) in [4.78, 5) is 6.88. The Balaban J connectivity index is 1.55. The van der Waals surface area contributed by atoms with Crippen LogP contribution in [-0.2, 0) is 16.4 Å². The van der Waals surface area contributed by atoms with E-state index in [4.69, 9.17) is 32.7 Å². The molecular formula is C19H20Cl2N2O4S. The lowest BCUT2D eigenvalue weighted by atomic mass is 9.94. The van der Waals surface area contributed by atoms with Crippen molar-refractivity contribution in [1.82, 2.24) is 9.88 Å². The first kappa shape index (κ1) is 19.8. The second-order valence-corrected chi connectivity index (χ2v) is 10.0. The number of halogens is 2. The van der Waals surface area contributed by atoms with Crippen LogP contribution in [0.1, 0.15) is 30.0 Å². The van der Waals surface area contributed by atoms with Crippen LogP contribution in [0.5, 0.6) is 11.5 Å². The van der Waals surface area contributed by atoms with Gasteiger partial charge in [0.05, 0.1) is 20.6 Å². The lowest BCUT2D eigenvalue weighted by molar-refractivity contribution is 0.173. The minimum Gasteiger partial charge on any atom is -0.454 e. The number of ether oxygens (including phenoxy) is 2. The number of rotatable bonds is 4. The fourth-order valence-corrected chi connectivity index (χ4v) is 5.28. The number of hydrogen-bond donors (Lipinski definition) is 0. The Morgan fingerprint density at radius 1 is 1.25 bits per heavy atom. The molecule has 0 aliphatic carbocycles. The second kappa shape index (κ2) is 7.71. The zero-order chi connectivity index (χ0) is 19.9. The number of likely N-dealkylation sites (tertiary alicyclic amines) is 1. The third kappa shape index (κ3) is 4.08. The van der Waals surface area contributed by atoms with Crippen LogP contribution in [0, 0.1) is 0 Å². The van der Waals surface area contributed by atoms with Crippen molar-refractivity contribution in [3.05, 3.63) is 45.7 Å². The molecule has 3 heterocycles. The highest BCUT2D eigenvalue weighted by molar-refractivity contribution is 7.90. The number of fused-ring (bicyclic) bond motifs is 1. The Bertz CT molecular complexity index is 1010. The fraction of sp³-hybridized carbons (Fsp3) is 0.421. The molecule has 6 nitrogen and oxygen atoms in total. The van der Waals surface area contributed by atoms with E-state index < -0.39 is 9.84 Å². The monoisotopic (exact) mass is 442 g/mol. The van der Waals surface area contributed by atoms with E-state index in [0.29, 0.717) is 40.3 Å². The number of hydrogen-bond acceptors (Lipinski definition) is 6. The van der Waals surface area contributed by atoms with E-state index in [0.717, 1.165) is 24.9 Å². The quantitative estimate of drug-likeness (QED) is 0.714. The summed E-state index contributed by atoms with van der Waals surface area (Å²) in [5.74, 6) is 1.28. The van der Waals surface area contributed by atoms with Gasteiger partial charge in [-0.05, 0) is 43.1 Å². The van der Waals surface area contributed by atoms with Crippen molar-refractivity contribution in [2.45, 2.75) is 30.2 Å². The van der Waals surface area contributed by atoms with Crippen molar-refractivity contribution in [2.75, 3.05) is 26.1 Å². The van der Waals surface area contributed by atoms with Gasteiger partial charge in [-0.15, -0.1) is 0 Å². The SMILES string of the molecule is CS(=O)(=O)c1cc(Cl)cnc1C1CCCN(Cc2cc(Cl)c3c(c2)OCO3)C1. The van der Waals surface area contributed by atoms with Crippen LogP contribution in [-0.4, -0.2) is 44.4 Å². The number of aromatic nitrogens is 1. The number of nitrogens with zero attached hydrogens (tertiary/aromatic N) is 2. The molecule has 0 bridgehead atoms. The highest BCUT2D eigenvalue weighted by Crippen LogP contribution is 2.40. The van der Waals surface area contributed by atoms with Gasteiger partial charge in [-0.1, -0.05) is 23.2 Å². The maximum absolute atomic E-state index is 12.2. The summed E-state index contributed by atoms with van der Waals surface area (Å²) in [5.41, 5.74) is 1.63. The van der Waals surface area contributed by atoms with Crippen molar-refractivity contribution in [3.8, 4) is 11.5 Å². The molecule has 1 aromatic heterocycles. The summed E-state index contributed by atoms with van der Waals surface area (Å²) < 4.78 is 35.2. The van der Waals surface area contributed by atoms with Gasteiger partial charge < -0.3 is 9.47 Å². The number of benzene rings is 1. The van der Waals surface area contributed by atoms with Crippen molar-refractivity contribution >= 4 is 33.0 Å². The molecule has 1 atom stereocenters.